The number of aryl methyl sites for hydroxylation is 1. The second-order valence-corrected chi connectivity index (χ2v) is 11.0. The van der Waals surface area contributed by atoms with Gasteiger partial charge in [0.1, 0.15) is 11.6 Å². The van der Waals surface area contributed by atoms with E-state index >= 15 is 0 Å². The second kappa shape index (κ2) is 9.87. The zero-order chi connectivity index (χ0) is 24.4. The maximum atomic E-state index is 13.2. The first-order valence-corrected chi connectivity index (χ1v) is 13.4. The summed E-state index contributed by atoms with van der Waals surface area (Å²) in [6.07, 6.45) is 5.18. The van der Waals surface area contributed by atoms with Crippen LogP contribution in [0.15, 0.2) is 53.4 Å². The Kier molecular flexibility index (Phi) is 6.66. The molecule has 1 amide bonds. The number of benzene rings is 2. The van der Waals surface area contributed by atoms with Crippen molar-refractivity contribution < 1.29 is 17.6 Å². The van der Waals surface area contributed by atoms with Crippen LogP contribution in [0.2, 0.25) is 0 Å². The predicted molar refractivity (Wildman–Crippen MR) is 130 cm³/mol. The molecule has 2 aromatic carbocycles. The summed E-state index contributed by atoms with van der Waals surface area (Å²) < 4.78 is 42.4. The molecule has 0 aliphatic carbocycles. The van der Waals surface area contributed by atoms with E-state index in [9.17, 15) is 17.6 Å². The molecule has 1 fully saturated rings. The SMILES string of the molecule is O=C(Nc1cccc(-c2nnc3n2CCCCC3)c1)C1CCN(S(=O)(=O)c2ccc(F)cc2)CC1. The van der Waals surface area contributed by atoms with E-state index in [1.807, 2.05) is 24.3 Å². The Morgan fingerprint density at radius 2 is 1.74 bits per heavy atom. The molecule has 35 heavy (non-hydrogen) atoms. The van der Waals surface area contributed by atoms with E-state index < -0.39 is 15.8 Å². The highest BCUT2D eigenvalue weighted by Crippen LogP contribution is 2.27. The fourth-order valence-corrected chi connectivity index (χ4v) is 6.26. The average molecular weight is 498 g/mol. The Morgan fingerprint density at radius 3 is 2.51 bits per heavy atom. The molecule has 10 heteroatoms. The van der Waals surface area contributed by atoms with E-state index in [1.165, 1.54) is 22.9 Å². The molecule has 0 spiro atoms. The standard InChI is InChI=1S/C25H28FN5O3S/c26-20-8-10-22(11-9-20)35(33,34)30-15-12-18(13-16-30)25(32)27-21-6-4-5-19(17-21)24-29-28-23-7-2-1-3-14-31(23)24/h4-6,8-11,17-18H,1-3,7,12-16H2,(H,27,32). The summed E-state index contributed by atoms with van der Waals surface area (Å²) in [5.74, 6) is 0.929. The molecule has 2 aliphatic heterocycles. The van der Waals surface area contributed by atoms with Crippen LogP contribution in [-0.2, 0) is 27.8 Å². The smallest absolute Gasteiger partial charge is 0.243 e. The number of aromatic nitrogens is 3. The molecule has 3 aromatic rings. The van der Waals surface area contributed by atoms with Crippen LogP contribution in [-0.4, -0.2) is 46.5 Å². The van der Waals surface area contributed by atoms with Crippen LogP contribution in [0.25, 0.3) is 11.4 Å². The van der Waals surface area contributed by atoms with Gasteiger partial charge in [0.2, 0.25) is 15.9 Å². The molecule has 5 rings (SSSR count). The maximum absolute atomic E-state index is 13.2. The van der Waals surface area contributed by atoms with Gasteiger partial charge in [-0.05, 0) is 62.1 Å². The number of nitrogens with zero attached hydrogens (tertiary/aromatic N) is 4. The number of anilines is 1. The summed E-state index contributed by atoms with van der Waals surface area (Å²) in [6.45, 7) is 1.38. The second-order valence-electron chi connectivity index (χ2n) is 9.10. The minimum atomic E-state index is -3.71. The Labute approximate surface area is 204 Å². The Balaban J connectivity index is 1.23. The van der Waals surface area contributed by atoms with Crippen molar-refractivity contribution in [2.75, 3.05) is 18.4 Å². The third-order valence-corrected chi connectivity index (χ3v) is 8.69. The number of nitrogens with one attached hydrogen (secondary N) is 1. The Bertz CT molecular complexity index is 1320. The molecule has 0 radical (unpaired) electrons. The summed E-state index contributed by atoms with van der Waals surface area (Å²) in [5, 5.41) is 11.8. The van der Waals surface area contributed by atoms with Gasteiger partial charge in [0.15, 0.2) is 5.82 Å². The maximum Gasteiger partial charge on any atom is 0.243 e. The molecule has 184 valence electrons. The van der Waals surface area contributed by atoms with Crippen molar-refractivity contribution >= 4 is 21.6 Å². The highest BCUT2D eigenvalue weighted by atomic mass is 32.2. The topological polar surface area (TPSA) is 97.2 Å². The first-order valence-electron chi connectivity index (χ1n) is 12.0. The van der Waals surface area contributed by atoms with E-state index in [4.69, 9.17) is 0 Å². The molecule has 0 saturated carbocycles. The fourth-order valence-electron chi connectivity index (χ4n) is 4.79. The fraction of sp³-hybridized carbons (Fsp3) is 0.400. The molecule has 0 unspecified atom stereocenters. The van der Waals surface area contributed by atoms with E-state index in [-0.39, 0.29) is 29.8 Å². The minimum absolute atomic E-state index is 0.0602. The number of sulfonamides is 1. The minimum Gasteiger partial charge on any atom is -0.326 e. The molecule has 0 atom stereocenters. The number of rotatable bonds is 5. The lowest BCUT2D eigenvalue weighted by Gasteiger charge is -2.30. The summed E-state index contributed by atoms with van der Waals surface area (Å²) in [4.78, 5) is 13.0. The van der Waals surface area contributed by atoms with Crippen molar-refractivity contribution in [3.05, 3.63) is 60.2 Å². The number of amides is 1. The van der Waals surface area contributed by atoms with E-state index in [0.717, 1.165) is 55.2 Å². The van der Waals surface area contributed by atoms with Crippen LogP contribution in [0.3, 0.4) is 0 Å². The summed E-state index contributed by atoms with van der Waals surface area (Å²) in [7, 11) is -3.71. The van der Waals surface area contributed by atoms with Gasteiger partial charge in [-0.1, -0.05) is 18.6 Å². The van der Waals surface area contributed by atoms with Crippen molar-refractivity contribution in [3.8, 4) is 11.4 Å². The third-order valence-electron chi connectivity index (χ3n) is 6.77. The van der Waals surface area contributed by atoms with E-state index in [1.54, 1.807) is 0 Å². The van der Waals surface area contributed by atoms with Gasteiger partial charge in [0.25, 0.3) is 0 Å². The number of fused-ring (bicyclic) bond motifs is 1. The van der Waals surface area contributed by atoms with E-state index in [2.05, 4.69) is 20.1 Å². The number of piperidine rings is 1. The Morgan fingerprint density at radius 1 is 0.971 bits per heavy atom. The summed E-state index contributed by atoms with van der Waals surface area (Å²) >= 11 is 0. The average Bonchev–Trinajstić information content (AvgIpc) is 3.12. The van der Waals surface area contributed by atoms with Crippen molar-refractivity contribution in [1.29, 1.82) is 0 Å². The van der Waals surface area contributed by atoms with Gasteiger partial charge in [-0.15, -0.1) is 10.2 Å². The highest BCUT2D eigenvalue weighted by molar-refractivity contribution is 7.89. The van der Waals surface area contributed by atoms with Crippen molar-refractivity contribution in [2.45, 2.75) is 50.0 Å². The molecular weight excluding hydrogens is 469 g/mol. The largest absolute Gasteiger partial charge is 0.326 e. The van der Waals surface area contributed by atoms with Crippen LogP contribution in [0.5, 0.6) is 0 Å². The molecular formula is C25H28FN5O3S. The van der Waals surface area contributed by atoms with Crippen LogP contribution >= 0.6 is 0 Å². The van der Waals surface area contributed by atoms with Gasteiger partial charge in [-0.25, -0.2) is 12.8 Å². The number of hydrogen-bond acceptors (Lipinski definition) is 5. The Hall–Kier alpha value is -3.11. The summed E-state index contributed by atoms with van der Waals surface area (Å²) in [5.41, 5.74) is 1.59. The van der Waals surface area contributed by atoms with Gasteiger partial charge in [0, 0.05) is 43.2 Å². The van der Waals surface area contributed by atoms with Crippen molar-refractivity contribution in [3.63, 3.8) is 0 Å². The molecule has 3 heterocycles. The highest BCUT2D eigenvalue weighted by Gasteiger charge is 2.32. The van der Waals surface area contributed by atoms with Crippen LogP contribution in [0.1, 0.15) is 37.9 Å². The third kappa shape index (κ3) is 4.99. The lowest BCUT2D eigenvalue weighted by Crippen LogP contribution is -2.41. The van der Waals surface area contributed by atoms with Crippen molar-refractivity contribution in [2.24, 2.45) is 5.92 Å². The number of hydrogen-bond donors (Lipinski definition) is 1. The summed E-state index contributed by atoms with van der Waals surface area (Å²) in [6, 6.07) is 12.4. The predicted octanol–water partition coefficient (Wildman–Crippen LogP) is 3.85. The number of carbonyl (C=O) groups excluding carboxylic acids is 1. The lowest BCUT2D eigenvalue weighted by atomic mass is 9.97. The van der Waals surface area contributed by atoms with Gasteiger partial charge in [-0.3, -0.25) is 4.79 Å². The van der Waals surface area contributed by atoms with E-state index in [0.29, 0.717) is 18.5 Å². The normalized spacial score (nSPS) is 17.5. The molecule has 8 nitrogen and oxygen atoms in total. The lowest BCUT2D eigenvalue weighted by molar-refractivity contribution is -0.120. The molecule has 1 saturated heterocycles. The monoisotopic (exact) mass is 497 g/mol. The molecule has 1 aromatic heterocycles. The molecule has 1 N–H and O–H groups in total. The van der Waals surface area contributed by atoms with Crippen molar-refractivity contribution in [1.82, 2.24) is 19.1 Å². The quantitative estimate of drug-likeness (QED) is 0.578. The first-order chi connectivity index (χ1) is 16.9. The first kappa shape index (κ1) is 23.6. The zero-order valence-corrected chi connectivity index (χ0v) is 20.2. The van der Waals surface area contributed by atoms with Crippen LogP contribution < -0.4 is 5.32 Å². The number of carbonyl (C=O) groups is 1. The van der Waals surface area contributed by atoms with Gasteiger partial charge < -0.3 is 9.88 Å². The van der Waals surface area contributed by atoms with Gasteiger partial charge in [0.05, 0.1) is 4.90 Å². The van der Waals surface area contributed by atoms with Gasteiger partial charge in [-0.2, -0.15) is 4.31 Å². The van der Waals surface area contributed by atoms with Gasteiger partial charge >= 0.3 is 0 Å². The van der Waals surface area contributed by atoms with Crippen LogP contribution in [0.4, 0.5) is 10.1 Å². The van der Waals surface area contributed by atoms with Crippen LogP contribution in [0, 0.1) is 11.7 Å². The number of halogens is 1. The molecule has 0 bridgehead atoms. The molecule has 2 aliphatic rings. The zero-order valence-electron chi connectivity index (χ0n) is 19.4.